The lowest BCUT2D eigenvalue weighted by Crippen LogP contribution is -2.33. The molecule has 2 atom stereocenters. The fraction of sp³-hybridized carbons (Fsp3) is 0.533. The molecule has 2 aliphatic rings. The molecule has 1 aromatic heterocycles. The molecule has 6 nitrogen and oxygen atoms in total. The molecule has 1 amide bonds. The van der Waals surface area contributed by atoms with Crippen LogP contribution in [0.4, 0.5) is 0 Å². The van der Waals surface area contributed by atoms with Crippen molar-refractivity contribution in [3.05, 3.63) is 40.6 Å². The largest absolute Gasteiger partial charge is 0.374 e. The van der Waals surface area contributed by atoms with Crippen LogP contribution >= 0.6 is 0 Å². The lowest BCUT2D eigenvalue weighted by Gasteiger charge is -2.15. The highest BCUT2D eigenvalue weighted by molar-refractivity contribution is 5.92. The molecule has 1 aliphatic heterocycles. The first-order chi connectivity index (χ1) is 10.2. The first-order valence-corrected chi connectivity index (χ1v) is 7.31. The Morgan fingerprint density at radius 2 is 2.33 bits per heavy atom. The Morgan fingerprint density at radius 1 is 1.52 bits per heavy atom. The van der Waals surface area contributed by atoms with Crippen LogP contribution in [-0.4, -0.2) is 35.1 Å². The van der Waals surface area contributed by atoms with E-state index >= 15 is 0 Å². The number of carbonyl (C=O) groups excluding carboxylic acids is 1. The van der Waals surface area contributed by atoms with Gasteiger partial charge in [0.05, 0.1) is 6.10 Å². The standard InChI is InChI=1S/C15H19N3O3/c1-2-12-10(5-6-21-12)8-16-15(20)11-7-13(19)18-14(17-11)9-3-4-9/h2,7,9-10,12H,1,3-6,8H2,(H,16,20)(H,17,18,19)/t10-,12-/m0/s1. The van der Waals surface area contributed by atoms with Gasteiger partial charge in [-0.2, -0.15) is 0 Å². The molecule has 1 aliphatic carbocycles. The molecule has 21 heavy (non-hydrogen) atoms. The van der Waals surface area contributed by atoms with Gasteiger partial charge in [-0.15, -0.1) is 6.58 Å². The highest BCUT2D eigenvalue weighted by atomic mass is 16.5. The third-order valence-electron chi connectivity index (χ3n) is 3.98. The fourth-order valence-corrected chi connectivity index (χ4v) is 2.59. The zero-order chi connectivity index (χ0) is 14.8. The van der Waals surface area contributed by atoms with Crippen LogP contribution in [0.3, 0.4) is 0 Å². The molecular weight excluding hydrogens is 270 g/mol. The molecule has 2 fully saturated rings. The maximum atomic E-state index is 12.2. The average Bonchev–Trinajstić information content (AvgIpc) is 3.23. The Bertz CT molecular complexity index is 606. The summed E-state index contributed by atoms with van der Waals surface area (Å²) < 4.78 is 5.49. The van der Waals surface area contributed by atoms with Gasteiger partial charge < -0.3 is 15.0 Å². The monoisotopic (exact) mass is 289 g/mol. The number of nitrogens with one attached hydrogen (secondary N) is 2. The molecule has 6 heteroatoms. The highest BCUT2D eigenvalue weighted by Crippen LogP contribution is 2.37. The highest BCUT2D eigenvalue weighted by Gasteiger charge is 2.28. The SMILES string of the molecule is C=C[C@@H]1OCC[C@H]1CNC(=O)c1cc(=O)[nH]c(C2CC2)n1. The Balaban J connectivity index is 1.65. The number of ether oxygens (including phenoxy) is 1. The Kier molecular flexibility index (Phi) is 3.88. The summed E-state index contributed by atoms with van der Waals surface area (Å²) in [5, 5.41) is 2.84. The number of aromatic nitrogens is 2. The van der Waals surface area contributed by atoms with Crippen molar-refractivity contribution >= 4 is 5.91 Å². The summed E-state index contributed by atoms with van der Waals surface area (Å²) in [7, 11) is 0. The minimum atomic E-state index is -0.308. The van der Waals surface area contributed by atoms with Gasteiger partial charge in [-0.3, -0.25) is 9.59 Å². The summed E-state index contributed by atoms with van der Waals surface area (Å²) in [5.74, 6) is 0.855. The maximum absolute atomic E-state index is 12.2. The second-order valence-corrected chi connectivity index (χ2v) is 5.62. The van der Waals surface area contributed by atoms with Crippen LogP contribution in [0.25, 0.3) is 0 Å². The predicted octanol–water partition coefficient (Wildman–Crippen LogP) is 0.968. The molecule has 112 valence electrons. The van der Waals surface area contributed by atoms with Gasteiger partial charge in [0, 0.05) is 31.1 Å². The van der Waals surface area contributed by atoms with E-state index in [0.717, 1.165) is 19.3 Å². The van der Waals surface area contributed by atoms with Crippen LogP contribution < -0.4 is 10.9 Å². The lowest BCUT2D eigenvalue weighted by molar-refractivity contribution is 0.0927. The molecule has 1 saturated heterocycles. The lowest BCUT2D eigenvalue weighted by atomic mass is 10.0. The number of amides is 1. The first-order valence-electron chi connectivity index (χ1n) is 7.31. The molecule has 0 radical (unpaired) electrons. The molecule has 3 rings (SSSR count). The smallest absolute Gasteiger partial charge is 0.270 e. The van der Waals surface area contributed by atoms with E-state index in [2.05, 4.69) is 21.9 Å². The van der Waals surface area contributed by atoms with Gasteiger partial charge in [0.1, 0.15) is 11.5 Å². The summed E-state index contributed by atoms with van der Waals surface area (Å²) in [5.41, 5.74) is -0.0834. The number of hydrogen-bond acceptors (Lipinski definition) is 4. The summed E-state index contributed by atoms with van der Waals surface area (Å²) in [4.78, 5) is 30.7. The zero-order valence-corrected chi connectivity index (χ0v) is 11.8. The van der Waals surface area contributed by atoms with Gasteiger partial charge in [-0.05, 0) is 19.3 Å². The molecule has 0 spiro atoms. The van der Waals surface area contributed by atoms with Crippen molar-refractivity contribution in [2.45, 2.75) is 31.3 Å². The molecule has 0 aromatic carbocycles. The average molecular weight is 289 g/mol. The molecular formula is C15H19N3O3. The third kappa shape index (κ3) is 3.21. The summed E-state index contributed by atoms with van der Waals surface area (Å²) in [6, 6.07) is 1.25. The topological polar surface area (TPSA) is 84.1 Å². The quantitative estimate of drug-likeness (QED) is 0.791. The van der Waals surface area contributed by atoms with Crippen LogP contribution in [-0.2, 0) is 4.74 Å². The van der Waals surface area contributed by atoms with E-state index in [1.807, 2.05) is 0 Å². The number of nitrogens with zero attached hydrogens (tertiary/aromatic N) is 1. The molecule has 1 aromatic rings. The number of rotatable bonds is 5. The van der Waals surface area contributed by atoms with Gasteiger partial charge in [0.2, 0.25) is 0 Å². The van der Waals surface area contributed by atoms with Crippen molar-refractivity contribution in [3.63, 3.8) is 0 Å². The van der Waals surface area contributed by atoms with Gasteiger partial charge >= 0.3 is 0 Å². The minimum absolute atomic E-state index is 0.0144. The van der Waals surface area contributed by atoms with Crippen LogP contribution in [0.15, 0.2) is 23.5 Å². The maximum Gasteiger partial charge on any atom is 0.270 e. The van der Waals surface area contributed by atoms with E-state index < -0.39 is 0 Å². The zero-order valence-electron chi connectivity index (χ0n) is 11.8. The van der Waals surface area contributed by atoms with Gasteiger partial charge in [-0.25, -0.2) is 4.98 Å². The number of aromatic amines is 1. The number of H-pyrrole nitrogens is 1. The normalized spacial score (nSPS) is 24.8. The minimum Gasteiger partial charge on any atom is -0.374 e. The van der Waals surface area contributed by atoms with Crippen LogP contribution in [0.1, 0.15) is 41.5 Å². The second kappa shape index (κ2) is 5.81. The third-order valence-corrected chi connectivity index (χ3v) is 3.98. The van der Waals surface area contributed by atoms with Crippen molar-refractivity contribution in [2.24, 2.45) is 5.92 Å². The molecule has 0 bridgehead atoms. The Labute approximate surface area is 122 Å². The van der Waals surface area contributed by atoms with Gasteiger partial charge in [-0.1, -0.05) is 6.08 Å². The molecule has 0 unspecified atom stereocenters. The van der Waals surface area contributed by atoms with Crippen molar-refractivity contribution in [1.82, 2.24) is 15.3 Å². The van der Waals surface area contributed by atoms with E-state index in [1.165, 1.54) is 6.07 Å². The molecule has 2 heterocycles. The number of carbonyl (C=O) groups is 1. The van der Waals surface area contributed by atoms with E-state index in [1.54, 1.807) is 6.08 Å². The van der Waals surface area contributed by atoms with E-state index in [4.69, 9.17) is 4.74 Å². The van der Waals surface area contributed by atoms with Crippen LogP contribution in [0.5, 0.6) is 0 Å². The summed E-state index contributed by atoms with van der Waals surface area (Å²) in [6.07, 6.45) is 4.69. The van der Waals surface area contributed by atoms with Gasteiger partial charge in [0.25, 0.3) is 11.5 Å². The van der Waals surface area contributed by atoms with E-state index in [9.17, 15) is 9.59 Å². The van der Waals surface area contributed by atoms with Crippen LogP contribution in [0, 0.1) is 5.92 Å². The first kappa shape index (κ1) is 14.0. The van der Waals surface area contributed by atoms with Gasteiger partial charge in [0.15, 0.2) is 0 Å². The van der Waals surface area contributed by atoms with Crippen molar-refractivity contribution in [2.75, 3.05) is 13.2 Å². The predicted molar refractivity (Wildman–Crippen MR) is 77.2 cm³/mol. The fourth-order valence-electron chi connectivity index (χ4n) is 2.59. The molecule has 1 saturated carbocycles. The summed E-state index contributed by atoms with van der Waals surface area (Å²) in [6.45, 7) is 4.92. The van der Waals surface area contributed by atoms with E-state index in [-0.39, 0.29) is 29.2 Å². The van der Waals surface area contributed by atoms with Crippen molar-refractivity contribution < 1.29 is 9.53 Å². The summed E-state index contributed by atoms with van der Waals surface area (Å²) >= 11 is 0. The Morgan fingerprint density at radius 3 is 3.05 bits per heavy atom. The van der Waals surface area contributed by atoms with Crippen LogP contribution in [0.2, 0.25) is 0 Å². The number of hydrogen-bond donors (Lipinski definition) is 2. The Hall–Kier alpha value is -1.95. The van der Waals surface area contributed by atoms with Crippen molar-refractivity contribution in [1.29, 1.82) is 0 Å². The van der Waals surface area contributed by atoms with Crippen molar-refractivity contribution in [3.8, 4) is 0 Å². The second-order valence-electron chi connectivity index (χ2n) is 5.62. The van der Waals surface area contributed by atoms with E-state index in [0.29, 0.717) is 24.9 Å². The molecule has 2 N–H and O–H groups in total.